The molecule has 1 fully saturated rings. The molecule has 7 rings (SSSR count). The van der Waals surface area contributed by atoms with Crippen LogP contribution in [0.4, 0.5) is 0 Å². The molecule has 13 heteroatoms. The zero-order valence-corrected chi connectivity index (χ0v) is 29.8. The van der Waals surface area contributed by atoms with Crippen LogP contribution >= 0.6 is 11.6 Å². The molecule has 1 aromatic rings. The second kappa shape index (κ2) is 13.9. The number of aliphatic hydroxyl groups is 2. The molecule has 0 aromatic heterocycles. The van der Waals surface area contributed by atoms with E-state index in [1.165, 1.54) is 11.0 Å². The van der Waals surface area contributed by atoms with Crippen molar-refractivity contribution < 1.29 is 33.0 Å². The molecule has 4 bridgehead atoms. The number of aliphatic hydroxyl groups excluding tert-OH is 1. The van der Waals surface area contributed by atoms with Crippen LogP contribution in [0.25, 0.3) is 0 Å². The minimum Gasteiger partial charge on any atom is -0.496 e. The number of ether oxygens (including phenoxy) is 1. The second-order valence-electron chi connectivity index (χ2n) is 14.5. The van der Waals surface area contributed by atoms with Crippen LogP contribution in [0.15, 0.2) is 66.1 Å². The predicted octanol–water partition coefficient (Wildman–Crippen LogP) is 3.10. The largest absolute Gasteiger partial charge is 0.496 e. The summed E-state index contributed by atoms with van der Waals surface area (Å²) < 4.78 is 36.9. The van der Waals surface area contributed by atoms with Gasteiger partial charge in [-0.3, -0.25) is 9.59 Å². The molecule has 1 aromatic carbocycles. The van der Waals surface area contributed by atoms with Crippen LogP contribution in [0, 0.1) is 17.8 Å². The Hall–Kier alpha value is -3.16. The summed E-state index contributed by atoms with van der Waals surface area (Å²) in [6.07, 6.45) is 14.4. The number of carbonyl (C=O) groups excluding carboxylic acids is 2. The number of aryl methyl sites for hydroxylation is 1. The van der Waals surface area contributed by atoms with Gasteiger partial charge in [-0.1, -0.05) is 35.9 Å². The van der Waals surface area contributed by atoms with Crippen molar-refractivity contribution in [2.75, 3.05) is 33.3 Å². The second-order valence-corrected chi connectivity index (χ2v) is 16.4. The lowest BCUT2D eigenvalue weighted by atomic mass is 9.68. The molecule has 1 spiro atoms. The molecule has 3 aliphatic heterocycles. The molecule has 11 nitrogen and oxygen atoms in total. The first-order valence-electron chi connectivity index (χ1n) is 17.2. The number of hydrogen-bond acceptors (Lipinski definition) is 8. The monoisotopic (exact) mass is 714 g/mol. The number of halogens is 1. The summed E-state index contributed by atoms with van der Waals surface area (Å²) in [7, 11) is -2.83. The van der Waals surface area contributed by atoms with Gasteiger partial charge in [0.1, 0.15) is 11.7 Å². The summed E-state index contributed by atoms with van der Waals surface area (Å²) in [5.74, 6) is -3.15. The van der Waals surface area contributed by atoms with E-state index in [-0.39, 0.29) is 36.3 Å². The van der Waals surface area contributed by atoms with Gasteiger partial charge in [-0.05, 0) is 111 Å². The lowest BCUT2D eigenvalue weighted by molar-refractivity contribution is -0.152. The van der Waals surface area contributed by atoms with Gasteiger partial charge in [0, 0.05) is 43.2 Å². The van der Waals surface area contributed by atoms with Gasteiger partial charge in [0.25, 0.3) is 5.91 Å². The van der Waals surface area contributed by atoms with E-state index in [1.54, 1.807) is 39.1 Å². The Morgan fingerprint density at radius 1 is 1.20 bits per heavy atom. The number of nitrogens with one attached hydrogen (secondary N) is 2. The fourth-order valence-corrected chi connectivity index (χ4v) is 9.38. The summed E-state index contributed by atoms with van der Waals surface area (Å²) in [5.41, 5.74) is -0.914. The number of fused-ring (bicyclic) bond motifs is 4. The standard InChI is InChI=1S/C36H47ClN4O7S/c1-23(2)38-49(46,47)39-34(44)36(45)26-10-14-31-32(36)33(43)40(3)17-5-4-8-30(42)28-12-9-25(28)20-41(18-15-26)21-35(22-48-31)16-6-7-24-19-27(37)11-13-29(24)35/h4,8,10-11,13-15,18-19,23,25,28,30,32,38,42,45H,5-7,9,12,16-17,20-22H2,1-3H3,(H,39,44)/b8-4-,18-15?/t25-,28+,30-,32?,35-,36-/m0/s1. The SMILES string of the molecule is CC(C)NS(=O)(=O)NC(=O)[C@]1(O)C2=CC=C3OC[C@]4(CCCc5cc(Cl)ccc54)CN(C=C2)C[C@@H]2CC[C@H]2[C@@H](O)/C=C\CCN(C)C(=O)C31. The van der Waals surface area contributed by atoms with E-state index in [0.29, 0.717) is 24.5 Å². The summed E-state index contributed by atoms with van der Waals surface area (Å²) in [5, 5.41) is 24.3. The summed E-state index contributed by atoms with van der Waals surface area (Å²) in [4.78, 5) is 32.1. The highest BCUT2D eigenvalue weighted by atomic mass is 35.5. The van der Waals surface area contributed by atoms with E-state index in [0.717, 1.165) is 43.2 Å². The summed E-state index contributed by atoms with van der Waals surface area (Å²) in [6, 6.07) is 5.39. The fourth-order valence-electron chi connectivity index (χ4n) is 8.11. The smallest absolute Gasteiger partial charge is 0.301 e. The number of benzene rings is 1. The molecule has 1 unspecified atom stereocenters. The van der Waals surface area contributed by atoms with Crippen molar-refractivity contribution in [1.82, 2.24) is 19.2 Å². The van der Waals surface area contributed by atoms with Crippen LogP contribution in [0.2, 0.25) is 5.02 Å². The van der Waals surface area contributed by atoms with Gasteiger partial charge in [-0.15, -0.1) is 0 Å². The molecule has 6 atom stereocenters. The molecule has 0 saturated heterocycles. The third-order valence-electron chi connectivity index (χ3n) is 10.7. The molecule has 4 N–H and O–H groups in total. The van der Waals surface area contributed by atoms with Crippen LogP contribution < -0.4 is 9.44 Å². The molecule has 2 amide bonds. The number of rotatable bonds is 4. The van der Waals surface area contributed by atoms with E-state index in [4.69, 9.17) is 16.3 Å². The van der Waals surface area contributed by atoms with Crippen molar-refractivity contribution in [2.24, 2.45) is 17.8 Å². The number of amides is 2. The minimum absolute atomic E-state index is 0.0535. The lowest BCUT2D eigenvalue weighted by Crippen LogP contribution is -2.61. The first-order valence-corrected chi connectivity index (χ1v) is 19.0. The zero-order chi connectivity index (χ0) is 35.1. The maximum absolute atomic E-state index is 14.4. The first kappa shape index (κ1) is 35.7. The Labute approximate surface area is 293 Å². The van der Waals surface area contributed by atoms with Gasteiger partial charge in [-0.25, -0.2) is 4.72 Å². The maximum atomic E-state index is 14.4. The van der Waals surface area contributed by atoms with Gasteiger partial charge in [0.2, 0.25) is 5.91 Å². The van der Waals surface area contributed by atoms with Crippen LogP contribution in [-0.2, 0) is 36.4 Å². The molecule has 3 heterocycles. The highest BCUT2D eigenvalue weighted by Gasteiger charge is 2.56. The van der Waals surface area contributed by atoms with Crippen molar-refractivity contribution in [3.05, 3.63) is 82.3 Å². The quantitative estimate of drug-likeness (QED) is 0.348. The molecule has 1 saturated carbocycles. The van der Waals surface area contributed by atoms with Gasteiger partial charge in [0.05, 0.1) is 12.7 Å². The van der Waals surface area contributed by atoms with E-state index in [2.05, 4.69) is 9.62 Å². The number of carbonyl (C=O) groups is 2. The topological polar surface area (TPSA) is 149 Å². The average molecular weight is 715 g/mol. The molecule has 49 heavy (non-hydrogen) atoms. The molecular weight excluding hydrogens is 668 g/mol. The van der Waals surface area contributed by atoms with Gasteiger partial charge < -0.3 is 24.7 Å². The Balaban J connectivity index is 1.51. The van der Waals surface area contributed by atoms with Crippen LogP contribution in [0.3, 0.4) is 0 Å². The average Bonchev–Trinajstić information content (AvgIpc) is 3.05. The molecular formula is C36H47ClN4O7S. The number of nitrogens with zero attached hydrogens (tertiary/aromatic N) is 2. The highest BCUT2D eigenvalue weighted by molar-refractivity contribution is 7.88. The van der Waals surface area contributed by atoms with E-state index in [9.17, 15) is 28.2 Å². The molecule has 0 radical (unpaired) electrons. The summed E-state index contributed by atoms with van der Waals surface area (Å²) >= 11 is 6.45. The van der Waals surface area contributed by atoms with E-state index < -0.39 is 51.1 Å². The van der Waals surface area contributed by atoms with Gasteiger partial charge in [0.15, 0.2) is 5.60 Å². The fraction of sp³-hybridized carbons (Fsp3) is 0.556. The molecule has 3 aliphatic carbocycles. The van der Waals surface area contributed by atoms with E-state index in [1.807, 2.05) is 35.2 Å². The van der Waals surface area contributed by atoms with Crippen molar-refractivity contribution in [3.63, 3.8) is 0 Å². The third-order valence-corrected chi connectivity index (χ3v) is 12.2. The number of allylic oxidation sites excluding steroid dienone is 2. The van der Waals surface area contributed by atoms with Gasteiger partial charge >= 0.3 is 10.2 Å². The first-order chi connectivity index (χ1) is 23.2. The molecule has 266 valence electrons. The van der Waals surface area contributed by atoms with Crippen molar-refractivity contribution in [2.45, 2.75) is 75.5 Å². The zero-order valence-electron chi connectivity index (χ0n) is 28.3. The minimum atomic E-state index is -4.40. The van der Waals surface area contributed by atoms with Crippen molar-refractivity contribution >= 4 is 33.6 Å². The summed E-state index contributed by atoms with van der Waals surface area (Å²) in [6.45, 7) is 4.71. The third kappa shape index (κ3) is 7.08. The Morgan fingerprint density at radius 2 is 2.00 bits per heavy atom. The normalized spacial score (nSPS) is 32.6. The Kier molecular flexibility index (Phi) is 10.1. The molecule has 6 aliphatic rings. The van der Waals surface area contributed by atoms with Crippen molar-refractivity contribution in [3.8, 4) is 0 Å². The Bertz CT molecular complexity index is 1710. The van der Waals surface area contributed by atoms with E-state index >= 15 is 0 Å². The van der Waals surface area contributed by atoms with Crippen molar-refractivity contribution in [1.29, 1.82) is 0 Å². The number of hydrogen-bond donors (Lipinski definition) is 4. The van der Waals surface area contributed by atoms with Gasteiger partial charge in [-0.2, -0.15) is 13.1 Å². The van der Waals surface area contributed by atoms with Crippen LogP contribution in [-0.4, -0.2) is 91.3 Å². The van der Waals surface area contributed by atoms with Crippen LogP contribution in [0.1, 0.15) is 57.1 Å². The van der Waals surface area contributed by atoms with Crippen LogP contribution in [0.5, 0.6) is 0 Å². The lowest BCUT2D eigenvalue weighted by Gasteiger charge is -2.46. The maximum Gasteiger partial charge on any atom is 0.301 e. The Morgan fingerprint density at radius 3 is 2.73 bits per heavy atom. The predicted molar refractivity (Wildman–Crippen MR) is 186 cm³/mol. The highest BCUT2D eigenvalue weighted by Crippen LogP contribution is 2.45.